The molecule has 124 valence electrons. The summed E-state index contributed by atoms with van der Waals surface area (Å²) in [6.07, 6.45) is -1.73. The minimum absolute atomic E-state index is 0.0217. The third-order valence-corrected chi connectivity index (χ3v) is 3.46. The summed E-state index contributed by atoms with van der Waals surface area (Å²) in [7, 11) is 0. The van der Waals surface area contributed by atoms with Crippen LogP contribution in [0.4, 0.5) is 13.2 Å². The number of hydrogen-bond acceptors (Lipinski definition) is 3. The van der Waals surface area contributed by atoms with Gasteiger partial charge in [0, 0.05) is 30.5 Å². The molecule has 0 saturated carbocycles. The molecule has 0 atom stereocenters. The third-order valence-electron chi connectivity index (χ3n) is 3.46. The quantitative estimate of drug-likeness (QED) is 0.918. The highest BCUT2D eigenvalue weighted by atomic mass is 19.4. The first-order valence-corrected chi connectivity index (χ1v) is 7.11. The maximum absolute atomic E-state index is 12.4. The van der Waals surface area contributed by atoms with Gasteiger partial charge < -0.3 is 5.32 Å². The van der Waals surface area contributed by atoms with Gasteiger partial charge in [0.05, 0.1) is 12.6 Å². The molecule has 5 nitrogen and oxygen atoms in total. The van der Waals surface area contributed by atoms with Crippen molar-refractivity contribution in [2.24, 2.45) is 0 Å². The Labute approximate surface area is 131 Å². The van der Waals surface area contributed by atoms with Gasteiger partial charge in [-0.3, -0.25) is 14.5 Å². The van der Waals surface area contributed by atoms with Crippen molar-refractivity contribution in [2.45, 2.75) is 39.5 Å². The molecule has 0 fully saturated rings. The average molecular weight is 326 g/mol. The van der Waals surface area contributed by atoms with Crippen molar-refractivity contribution in [3.8, 4) is 0 Å². The van der Waals surface area contributed by atoms with E-state index in [1.807, 2.05) is 18.5 Å². The van der Waals surface area contributed by atoms with E-state index < -0.39 is 11.9 Å². The SMILES string of the molecule is CCn1ncc(CNC(=O)Cc2ccc(C(F)(F)F)nc2)c1C. The number of carbonyl (C=O) groups excluding carboxylic acids is 1. The van der Waals surface area contributed by atoms with E-state index in [1.54, 1.807) is 6.20 Å². The number of aryl methyl sites for hydroxylation is 1. The normalized spacial score (nSPS) is 11.5. The van der Waals surface area contributed by atoms with E-state index in [0.717, 1.165) is 30.1 Å². The lowest BCUT2D eigenvalue weighted by molar-refractivity contribution is -0.141. The van der Waals surface area contributed by atoms with Gasteiger partial charge in [-0.1, -0.05) is 6.07 Å². The Hall–Kier alpha value is -2.38. The van der Waals surface area contributed by atoms with Crippen LogP contribution in [0.5, 0.6) is 0 Å². The number of hydrogen-bond donors (Lipinski definition) is 1. The van der Waals surface area contributed by atoms with Crippen molar-refractivity contribution in [1.82, 2.24) is 20.1 Å². The number of carbonyl (C=O) groups is 1. The van der Waals surface area contributed by atoms with Crippen molar-refractivity contribution < 1.29 is 18.0 Å². The Morgan fingerprint density at radius 3 is 2.57 bits per heavy atom. The molecule has 2 aromatic rings. The molecule has 0 bridgehead atoms. The molecule has 2 aromatic heterocycles. The zero-order valence-corrected chi connectivity index (χ0v) is 12.8. The highest BCUT2D eigenvalue weighted by Crippen LogP contribution is 2.27. The molecule has 2 rings (SSSR count). The number of aromatic nitrogens is 3. The largest absolute Gasteiger partial charge is 0.433 e. The summed E-state index contributed by atoms with van der Waals surface area (Å²) >= 11 is 0. The first kappa shape index (κ1) is 17.0. The minimum atomic E-state index is -4.47. The molecule has 1 N–H and O–H groups in total. The number of nitrogens with one attached hydrogen (secondary N) is 1. The van der Waals surface area contributed by atoms with Gasteiger partial charge in [-0.25, -0.2) is 0 Å². The lowest BCUT2D eigenvalue weighted by Gasteiger charge is -2.07. The highest BCUT2D eigenvalue weighted by molar-refractivity contribution is 5.78. The molecule has 0 saturated heterocycles. The summed E-state index contributed by atoms with van der Waals surface area (Å²) in [6.45, 7) is 4.97. The van der Waals surface area contributed by atoms with Crippen LogP contribution in [0.3, 0.4) is 0 Å². The van der Waals surface area contributed by atoms with Gasteiger partial charge in [0.15, 0.2) is 0 Å². The number of pyridine rings is 1. The van der Waals surface area contributed by atoms with Crippen LogP contribution in [0, 0.1) is 6.92 Å². The molecular formula is C15H17F3N4O. The molecule has 23 heavy (non-hydrogen) atoms. The fourth-order valence-corrected chi connectivity index (χ4v) is 2.12. The lowest BCUT2D eigenvalue weighted by atomic mass is 10.2. The molecule has 1 amide bonds. The van der Waals surface area contributed by atoms with Gasteiger partial charge in [0.2, 0.25) is 5.91 Å². The number of nitrogens with zero attached hydrogens (tertiary/aromatic N) is 3. The Morgan fingerprint density at radius 2 is 2.04 bits per heavy atom. The fraction of sp³-hybridized carbons (Fsp3) is 0.400. The van der Waals surface area contributed by atoms with Crippen molar-refractivity contribution in [3.63, 3.8) is 0 Å². The summed E-state index contributed by atoms with van der Waals surface area (Å²) in [6, 6.07) is 2.13. The van der Waals surface area contributed by atoms with Crippen molar-refractivity contribution in [1.29, 1.82) is 0 Å². The van der Waals surface area contributed by atoms with Crippen LogP contribution in [-0.4, -0.2) is 20.7 Å². The fourth-order valence-electron chi connectivity index (χ4n) is 2.12. The van der Waals surface area contributed by atoms with Crippen LogP contribution in [-0.2, 0) is 30.5 Å². The predicted molar refractivity (Wildman–Crippen MR) is 77.4 cm³/mol. The molecule has 0 spiro atoms. The second kappa shape index (κ2) is 6.80. The van der Waals surface area contributed by atoms with E-state index in [-0.39, 0.29) is 12.3 Å². The summed E-state index contributed by atoms with van der Waals surface area (Å²) in [5, 5.41) is 6.91. The van der Waals surface area contributed by atoms with E-state index >= 15 is 0 Å². The van der Waals surface area contributed by atoms with E-state index in [2.05, 4.69) is 15.4 Å². The standard InChI is InChI=1S/C15H17F3N4O/c1-3-22-10(2)12(9-21-22)8-20-14(23)6-11-4-5-13(19-7-11)15(16,17)18/h4-5,7,9H,3,6,8H2,1-2H3,(H,20,23). The average Bonchev–Trinajstić information content (AvgIpc) is 2.85. The highest BCUT2D eigenvalue weighted by Gasteiger charge is 2.32. The smallest absolute Gasteiger partial charge is 0.352 e. The summed E-state index contributed by atoms with van der Waals surface area (Å²) in [5.74, 6) is -0.282. The Bertz CT molecular complexity index is 677. The summed E-state index contributed by atoms with van der Waals surface area (Å²) in [5.41, 5.74) is 1.34. The molecule has 0 aliphatic heterocycles. The second-order valence-corrected chi connectivity index (χ2v) is 5.07. The summed E-state index contributed by atoms with van der Waals surface area (Å²) < 4.78 is 39.1. The van der Waals surface area contributed by atoms with E-state index in [4.69, 9.17) is 0 Å². The number of amides is 1. The molecule has 8 heteroatoms. The van der Waals surface area contributed by atoms with E-state index in [1.165, 1.54) is 6.07 Å². The van der Waals surface area contributed by atoms with Gasteiger partial charge in [-0.15, -0.1) is 0 Å². The minimum Gasteiger partial charge on any atom is -0.352 e. The van der Waals surface area contributed by atoms with Crippen LogP contribution >= 0.6 is 0 Å². The molecular weight excluding hydrogens is 309 g/mol. The Morgan fingerprint density at radius 1 is 1.30 bits per heavy atom. The first-order valence-electron chi connectivity index (χ1n) is 7.11. The molecule has 0 aliphatic carbocycles. The van der Waals surface area contributed by atoms with Crippen LogP contribution in [0.25, 0.3) is 0 Å². The van der Waals surface area contributed by atoms with Crippen LogP contribution < -0.4 is 5.32 Å². The zero-order chi connectivity index (χ0) is 17.0. The zero-order valence-electron chi connectivity index (χ0n) is 12.8. The maximum atomic E-state index is 12.4. The van der Waals surface area contributed by atoms with Gasteiger partial charge >= 0.3 is 6.18 Å². The predicted octanol–water partition coefficient (Wildman–Crippen LogP) is 2.48. The number of alkyl halides is 3. The first-order chi connectivity index (χ1) is 10.8. The van der Waals surface area contributed by atoms with Crippen molar-refractivity contribution >= 4 is 5.91 Å². The van der Waals surface area contributed by atoms with Gasteiger partial charge in [0.25, 0.3) is 0 Å². The third kappa shape index (κ3) is 4.30. The Balaban J connectivity index is 1.91. The second-order valence-electron chi connectivity index (χ2n) is 5.07. The van der Waals surface area contributed by atoms with Crippen LogP contribution in [0.2, 0.25) is 0 Å². The molecule has 0 aliphatic rings. The van der Waals surface area contributed by atoms with Gasteiger partial charge in [-0.2, -0.15) is 18.3 Å². The Kier molecular flexibility index (Phi) is 5.02. The van der Waals surface area contributed by atoms with Crippen LogP contribution in [0.15, 0.2) is 24.5 Å². The van der Waals surface area contributed by atoms with Crippen molar-refractivity contribution in [3.05, 3.63) is 47.0 Å². The van der Waals surface area contributed by atoms with Gasteiger partial charge in [0.1, 0.15) is 5.69 Å². The lowest BCUT2D eigenvalue weighted by Crippen LogP contribution is -2.25. The molecule has 0 radical (unpaired) electrons. The monoisotopic (exact) mass is 326 g/mol. The number of halogens is 3. The van der Waals surface area contributed by atoms with Crippen LogP contribution in [0.1, 0.15) is 29.4 Å². The molecule has 0 unspecified atom stereocenters. The van der Waals surface area contributed by atoms with Gasteiger partial charge in [-0.05, 0) is 25.5 Å². The molecule has 0 aromatic carbocycles. The molecule has 2 heterocycles. The topological polar surface area (TPSA) is 59.8 Å². The van der Waals surface area contributed by atoms with E-state index in [0.29, 0.717) is 12.1 Å². The van der Waals surface area contributed by atoms with E-state index in [9.17, 15) is 18.0 Å². The number of rotatable bonds is 5. The maximum Gasteiger partial charge on any atom is 0.433 e. The van der Waals surface area contributed by atoms with Crippen molar-refractivity contribution in [2.75, 3.05) is 0 Å². The summed E-state index contributed by atoms with van der Waals surface area (Å²) in [4.78, 5) is 15.2.